The zero-order chi connectivity index (χ0) is 14.1. The van der Waals surface area contributed by atoms with Crippen LogP contribution in [0.2, 0.25) is 0 Å². The lowest BCUT2D eigenvalue weighted by Crippen LogP contribution is -2.04. The van der Waals surface area contributed by atoms with Crippen molar-refractivity contribution in [1.82, 2.24) is 9.38 Å². The van der Waals surface area contributed by atoms with E-state index in [4.69, 9.17) is 4.74 Å². The monoisotopic (exact) mass is 350 g/mol. The van der Waals surface area contributed by atoms with Crippen molar-refractivity contribution in [3.63, 3.8) is 0 Å². The van der Waals surface area contributed by atoms with E-state index in [1.54, 1.807) is 24.5 Å². The minimum Gasteiger partial charge on any atom is -0.461 e. The van der Waals surface area contributed by atoms with Gasteiger partial charge in [0.25, 0.3) is 0 Å². The van der Waals surface area contributed by atoms with Crippen molar-refractivity contribution in [3.8, 4) is 10.4 Å². The number of carbonyl (C=O) groups is 1. The zero-order valence-electron chi connectivity index (χ0n) is 10.7. The highest BCUT2D eigenvalue weighted by Gasteiger charge is 2.14. The number of thiazole rings is 1. The second-order valence-electron chi connectivity index (χ2n) is 4.14. The molecule has 20 heavy (non-hydrogen) atoms. The lowest BCUT2D eigenvalue weighted by Gasteiger charge is -1.97. The molecule has 6 heteroatoms. The van der Waals surface area contributed by atoms with Gasteiger partial charge in [0, 0.05) is 16.9 Å². The summed E-state index contributed by atoms with van der Waals surface area (Å²) in [5.41, 5.74) is 1.47. The van der Waals surface area contributed by atoms with Crippen LogP contribution in [0.1, 0.15) is 17.4 Å². The van der Waals surface area contributed by atoms with E-state index in [2.05, 4.69) is 20.9 Å². The maximum absolute atomic E-state index is 11.6. The van der Waals surface area contributed by atoms with Gasteiger partial charge in [-0.3, -0.25) is 4.40 Å². The molecular weight excluding hydrogens is 340 g/mol. The van der Waals surface area contributed by atoms with Crippen LogP contribution in [0.3, 0.4) is 0 Å². The van der Waals surface area contributed by atoms with E-state index in [1.807, 2.05) is 34.9 Å². The smallest absolute Gasteiger partial charge is 0.358 e. The molecular formula is C14H11BrN2O2S. The van der Waals surface area contributed by atoms with Gasteiger partial charge in [-0.2, -0.15) is 0 Å². The summed E-state index contributed by atoms with van der Waals surface area (Å²) in [6, 6.07) is 8.09. The first-order chi connectivity index (χ1) is 9.67. The third-order valence-electron chi connectivity index (χ3n) is 2.77. The summed E-state index contributed by atoms with van der Waals surface area (Å²) in [7, 11) is 0. The third-order valence-corrected chi connectivity index (χ3v) is 4.34. The minimum absolute atomic E-state index is 0.348. The van der Waals surface area contributed by atoms with Crippen LogP contribution in [-0.4, -0.2) is 22.0 Å². The minimum atomic E-state index is -0.381. The summed E-state index contributed by atoms with van der Waals surface area (Å²) >= 11 is 4.96. The second kappa shape index (κ2) is 5.38. The maximum Gasteiger partial charge on any atom is 0.358 e. The van der Waals surface area contributed by atoms with Crippen molar-refractivity contribution in [2.45, 2.75) is 6.92 Å². The van der Waals surface area contributed by atoms with Gasteiger partial charge in [-0.15, -0.1) is 0 Å². The summed E-state index contributed by atoms with van der Waals surface area (Å²) in [5, 5.41) is 0. The second-order valence-corrected chi connectivity index (χ2v) is 6.06. The van der Waals surface area contributed by atoms with Crippen molar-refractivity contribution in [3.05, 3.63) is 46.8 Å². The molecule has 0 amide bonds. The van der Waals surface area contributed by atoms with Gasteiger partial charge in [-0.05, 0) is 24.6 Å². The first kappa shape index (κ1) is 13.3. The molecule has 0 unspecified atom stereocenters. The van der Waals surface area contributed by atoms with Crippen LogP contribution < -0.4 is 0 Å². The van der Waals surface area contributed by atoms with E-state index in [-0.39, 0.29) is 5.97 Å². The van der Waals surface area contributed by atoms with E-state index in [9.17, 15) is 4.79 Å². The summed E-state index contributed by atoms with van der Waals surface area (Å²) in [6.07, 6.45) is 3.67. The number of ether oxygens (including phenoxy) is 1. The molecule has 3 aromatic rings. The molecule has 0 radical (unpaired) electrons. The number of halogens is 1. The van der Waals surface area contributed by atoms with Gasteiger partial charge >= 0.3 is 5.97 Å². The van der Waals surface area contributed by atoms with Gasteiger partial charge < -0.3 is 4.74 Å². The fraction of sp³-hybridized carbons (Fsp3) is 0.143. The Labute approximate surface area is 128 Å². The fourth-order valence-corrected chi connectivity index (χ4v) is 3.08. The lowest BCUT2D eigenvalue weighted by molar-refractivity contribution is 0.0520. The highest BCUT2D eigenvalue weighted by molar-refractivity contribution is 9.10. The first-order valence-corrected chi connectivity index (χ1v) is 7.70. The van der Waals surface area contributed by atoms with Crippen LogP contribution in [-0.2, 0) is 4.74 Å². The van der Waals surface area contributed by atoms with E-state index < -0.39 is 0 Å². The Morgan fingerprint density at radius 2 is 2.10 bits per heavy atom. The predicted molar refractivity (Wildman–Crippen MR) is 82.2 cm³/mol. The molecule has 0 aliphatic heterocycles. The highest BCUT2D eigenvalue weighted by atomic mass is 79.9. The van der Waals surface area contributed by atoms with Crippen LogP contribution in [0.5, 0.6) is 0 Å². The van der Waals surface area contributed by atoms with Crippen LogP contribution in [0.25, 0.3) is 15.4 Å². The number of hydrogen-bond donors (Lipinski definition) is 0. The SMILES string of the molecule is CCOC(=O)c1cn2cc(-c3ccc(Br)cc3)sc2n1. The van der Waals surface area contributed by atoms with Gasteiger partial charge in [0.1, 0.15) is 0 Å². The van der Waals surface area contributed by atoms with Gasteiger partial charge in [0.05, 0.1) is 11.5 Å². The van der Waals surface area contributed by atoms with E-state index in [1.165, 1.54) is 0 Å². The van der Waals surface area contributed by atoms with Crippen molar-refractivity contribution >= 4 is 38.2 Å². The molecule has 2 heterocycles. The lowest BCUT2D eigenvalue weighted by atomic mass is 10.2. The number of nitrogens with zero attached hydrogens (tertiary/aromatic N) is 2. The number of rotatable bonds is 3. The number of fused-ring (bicyclic) bond motifs is 1. The van der Waals surface area contributed by atoms with Crippen molar-refractivity contribution in [1.29, 1.82) is 0 Å². The maximum atomic E-state index is 11.6. The Balaban J connectivity index is 1.94. The Bertz CT molecular complexity index is 730. The van der Waals surface area contributed by atoms with Crippen LogP contribution >= 0.6 is 27.3 Å². The van der Waals surface area contributed by atoms with Crippen molar-refractivity contribution < 1.29 is 9.53 Å². The topological polar surface area (TPSA) is 43.6 Å². The number of esters is 1. The zero-order valence-corrected chi connectivity index (χ0v) is 13.1. The summed E-state index contributed by atoms with van der Waals surface area (Å²) in [6.45, 7) is 2.14. The number of imidazole rings is 1. The number of aromatic nitrogens is 2. The summed E-state index contributed by atoms with van der Waals surface area (Å²) in [4.78, 5) is 17.8. The Hall–Kier alpha value is -1.66. The predicted octanol–water partition coefficient (Wildman–Crippen LogP) is 4.00. The molecule has 0 aliphatic rings. The highest BCUT2D eigenvalue weighted by Crippen LogP contribution is 2.29. The van der Waals surface area contributed by atoms with Crippen LogP contribution in [0.4, 0.5) is 0 Å². The standard InChI is InChI=1S/C14H11BrN2O2S/c1-2-19-13(18)11-7-17-8-12(20-14(17)16-11)9-3-5-10(15)6-4-9/h3-8H,2H2,1H3. The molecule has 0 N–H and O–H groups in total. The Morgan fingerprint density at radius 3 is 2.75 bits per heavy atom. The number of carbonyl (C=O) groups excluding carboxylic acids is 1. The first-order valence-electron chi connectivity index (χ1n) is 6.09. The molecule has 102 valence electrons. The molecule has 0 saturated carbocycles. The molecule has 0 bridgehead atoms. The molecule has 0 saturated heterocycles. The quantitative estimate of drug-likeness (QED) is 0.670. The van der Waals surface area contributed by atoms with Crippen molar-refractivity contribution in [2.24, 2.45) is 0 Å². The molecule has 4 nitrogen and oxygen atoms in total. The summed E-state index contributed by atoms with van der Waals surface area (Å²) in [5.74, 6) is -0.381. The Kier molecular flexibility index (Phi) is 3.58. The molecule has 0 fully saturated rings. The van der Waals surface area contributed by atoms with Crippen LogP contribution in [0.15, 0.2) is 41.1 Å². The average Bonchev–Trinajstić information content (AvgIpc) is 2.98. The summed E-state index contributed by atoms with van der Waals surface area (Å²) < 4.78 is 7.84. The largest absolute Gasteiger partial charge is 0.461 e. The van der Waals surface area contributed by atoms with Gasteiger partial charge in [0.2, 0.25) is 0 Å². The molecule has 0 spiro atoms. The Morgan fingerprint density at radius 1 is 1.35 bits per heavy atom. The molecule has 0 aliphatic carbocycles. The molecule has 1 aromatic carbocycles. The average molecular weight is 351 g/mol. The van der Waals surface area contributed by atoms with E-state index >= 15 is 0 Å². The van der Waals surface area contributed by atoms with Crippen molar-refractivity contribution in [2.75, 3.05) is 6.61 Å². The fourth-order valence-electron chi connectivity index (χ4n) is 1.85. The third kappa shape index (κ3) is 2.48. The molecule has 0 atom stereocenters. The number of hydrogen-bond acceptors (Lipinski definition) is 4. The van der Waals surface area contributed by atoms with E-state index in [0.29, 0.717) is 12.3 Å². The normalized spacial score (nSPS) is 10.9. The van der Waals surface area contributed by atoms with Gasteiger partial charge in [-0.25, -0.2) is 9.78 Å². The van der Waals surface area contributed by atoms with Gasteiger partial charge in [-0.1, -0.05) is 39.4 Å². The number of benzene rings is 1. The van der Waals surface area contributed by atoms with E-state index in [0.717, 1.165) is 19.9 Å². The van der Waals surface area contributed by atoms with Gasteiger partial charge in [0.15, 0.2) is 10.7 Å². The molecule has 2 aromatic heterocycles. The molecule has 3 rings (SSSR count). The van der Waals surface area contributed by atoms with Crippen LogP contribution in [0, 0.1) is 0 Å².